The molecule has 12 heteroatoms. The Hall–Kier alpha value is -2.67. The molecule has 4 atom stereocenters. The van der Waals surface area contributed by atoms with E-state index in [9.17, 15) is 23.1 Å². The average Bonchev–Trinajstić information content (AvgIpc) is 3.59. The van der Waals surface area contributed by atoms with Crippen molar-refractivity contribution in [3.8, 4) is 10.4 Å². The number of amidine groups is 1. The van der Waals surface area contributed by atoms with Gasteiger partial charge in [-0.05, 0) is 36.8 Å². The number of nitrogens with zero attached hydrogens (tertiary/aromatic N) is 4. The Morgan fingerprint density at radius 3 is 2.53 bits per heavy atom. The molecule has 2 fully saturated rings. The molecule has 5 rings (SSSR count). The molecule has 0 saturated carbocycles. The number of aliphatic hydroxyl groups excluding tert-OH is 1. The van der Waals surface area contributed by atoms with Crippen LogP contribution < -0.4 is 5.32 Å². The molecule has 2 N–H and O–H groups in total. The lowest BCUT2D eigenvalue weighted by Crippen LogP contribution is -2.55. The fourth-order valence-corrected chi connectivity index (χ4v) is 7.77. The molecule has 0 spiro atoms. The van der Waals surface area contributed by atoms with Gasteiger partial charge in [0.2, 0.25) is 15.9 Å². The normalized spacial score (nSPS) is 29.5. The van der Waals surface area contributed by atoms with Gasteiger partial charge in [0.15, 0.2) is 5.54 Å². The summed E-state index contributed by atoms with van der Waals surface area (Å²) in [7, 11) is -3.61. The Kier molecular flexibility index (Phi) is 6.53. The quantitative estimate of drug-likeness (QED) is 0.575. The smallest absolute Gasteiger partial charge is 0.257 e. The second-order valence-electron chi connectivity index (χ2n) is 11.3. The predicted molar refractivity (Wildman–Crippen MR) is 147 cm³/mol. The summed E-state index contributed by atoms with van der Waals surface area (Å²) in [6, 6.07) is 6.07. The molecule has 1 aromatic carbocycles. The molecule has 2 saturated heterocycles. The number of thiazole rings is 1. The molecule has 4 heterocycles. The van der Waals surface area contributed by atoms with E-state index in [2.05, 4.69) is 10.3 Å². The van der Waals surface area contributed by atoms with Crippen molar-refractivity contribution >= 4 is 39.0 Å². The Bertz CT molecular complexity index is 1420. The van der Waals surface area contributed by atoms with Crippen molar-refractivity contribution in [3.63, 3.8) is 0 Å². The number of amides is 2. The van der Waals surface area contributed by atoms with Crippen LogP contribution in [-0.4, -0.2) is 82.9 Å². The first-order valence-corrected chi connectivity index (χ1v) is 15.3. The summed E-state index contributed by atoms with van der Waals surface area (Å²) in [6.07, 6.45) is 1.05. The fraction of sp³-hybridized carbons (Fsp3) is 0.538. The number of likely N-dealkylation sites (tertiary alicyclic amines) is 1. The molecule has 0 aliphatic carbocycles. The van der Waals surface area contributed by atoms with Crippen molar-refractivity contribution in [1.82, 2.24) is 19.5 Å². The van der Waals surface area contributed by atoms with Crippen molar-refractivity contribution in [2.45, 2.75) is 64.3 Å². The van der Waals surface area contributed by atoms with Crippen LogP contribution in [-0.2, 0) is 25.2 Å². The highest BCUT2D eigenvalue weighted by Crippen LogP contribution is 2.40. The molecule has 2 amide bonds. The second-order valence-corrected chi connectivity index (χ2v) is 14.1. The van der Waals surface area contributed by atoms with E-state index in [0.717, 1.165) is 22.4 Å². The van der Waals surface area contributed by atoms with E-state index in [1.807, 2.05) is 45.0 Å². The van der Waals surface area contributed by atoms with Crippen LogP contribution in [0.4, 0.5) is 0 Å². The van der Waals surface area contributed by atoms with Gasteiger partial charge in [-0.1, -0.05) is 38.1 Å². The molecule has 206 valence electrons. The molecule has 3 aliphatic rings. The summed E-state index contributed by atoms with van der Waals surface area (Å²) in [6.45, 7) is 7.74. The van der Waals surface area contributed by atoms with Gasteiger partial charge in [0, 0.05) is 20.9 Å². The molecule has 1 aromatic heterocycles. The third-order valence-corrected chi connectivity index (χ3v) is 10.2. The van der Waals surface area contributed by atoms with Crippen molar-refractivity contribution in [1.29, 1.82) is 0 Å². The highest BCUT2D eigenvalue weighted by molar-refractivity contribution is 7.88. The molecule has 2 unspecified atom stereocenters. The number of hydrogen-bond acceptors (Lipinski definition) is 8. The van der Waals surface area contributed by atoms with Crippen LogP contribution in [0.25, 0.3) is 10.4 Å². The maximum atomic E-state index is 13.9. The fourth-order valence-electron chi connectivity index (χ4n) is 5.78. The lowest BCUT2D eigenvalue weighted by atomic mass is 9.84. The monoisotopic (exact) mass is 561 g/mol. The number of benzene rings is 1. The number of aliphatic imine (C=N–C) groups is 1. The molecule has 2 aromatic rings. The van der Waals surface area contributed by atoms with E-state index in [1.54, 1.807) is 23.8 Å². The van der Waals surface area contributed by atoms with Gasteiger partial charge < -0.3 is 15.3 Å². The topological polar surface area (TPSA) is 132 Å². The second kappa shape index (κ2) is 9.22. The molecule has 0 radical (unpaired) electrons. The number of carbonyl (C=O) groups is 2. The van der Waals surface area contributed by atoms with Crippen LogP contribution >= 0.6 is 11.3 Å². The first-order chi connectivity index (χ1) is 17.7. The summed E-state index contributed by atoms with van der Waals surface area (Å²) in [4.78, 5) is 38.7. The lowest BCUT2D eigenvalue weighted by molar-refractivity contribution is -0.137. The standard InChI is InChI=1S/C26H33N5O5S2.H2/c1-15-20(37-14-27-15)16-6-8-17(9-7-16)26(4)24(34)28-22(29-26)19-12-18(32)13-30(19)23(33)21-25(2,3)10-11-31(21)38(5,35)36;/h6-9,14,18-19,21,32H,10-13H2,1-5H3,(H,28,29,34);1H/t18-,19?,21?,26+;/m1./s1. The van der Waals surface area contributed by atoms with Gasteiger partial charge in [0.25, 0.3) is 5.91 Å². The number of aliphatic hydroxyl groups is 1. The number of aryl methyl sites for hydroxylation is 1. The SMILES string of the molecule is Cc1ncsc1-c1ccc([C@]2(C)N=C(C3C[C@@H](O)CN3C(=O)C3N(S(C)(=O)=O)CCC3(C)C)NC2=O)cc1.[HH]. The third-order valence-electron chi connectivity index (χ3n) is 8.02. The predicted octanol–water partition coefficient (Wildman–Crippen LogP) is 2.13. The minimum atomic E-state index is -3.61. The zero-order valence-electron chi connectivity index (χ0n) is 22.1. The van der Waals surface area contributed by atoms with E-state index < -0.39 is 39.2 Å². The highest BCUT2D eigenvalue weighted by Gasteiger charge is 2.53. The van der Waals surface area contributed by atoms with Crippen molar-refractivity contribution in [2.24, 2.45) is 10.4 Å². The first kappa shape index (κ1) is 26.9. The Labute approximate surface area is 228 Å². The van der Waals surface area contributed by atoms with Crippen LogP contribution in [0.15, 0.2) is 34.8 Å². The Morgan fingerprint density at radius 1 is 1.24 bits per heavy atom. The molecule has 10 nitrogen and oxygen atoms in total. The van der Waals surface area contributed by atoms with Crippen LogP contribution in [0.1, 0.15) is 46.3 Å². The van der Waals surface area contributed by atoms with Crippen molar-refractivity contribution < 1.29 is 24.5 Å². The van der Waals surface area contributed by atoms with Gasteiger partial charge in [-0.15, -0.1) is 11.3 Å². The van der Waals surface area contributed by atoms with Gasteiger partial charge in [-0.25, -0.2) is 18.4 Å². The first-order valence-electron chi connectivity index (χ1n) is 12.6. The van der Waals surface area contributed by atoms with Gasteiger partial charge in [0.05, 0.1) is 34.5 Å². The summed E-state index contributed by atoms with van der Waals surface area (Å²) in [5.74, 6) is -0.386. The summed E-state index contributed by atoms with van der Waals surface area (Å²) < 4.78 is 26.2. The van der Waals surface area contributed by atoms with E-state index in [-0.39, 0.29) is 32.8 Å². The Balaban J connectivity index is 0.00000353. The van der Waals surface area contributed by atoms with E-state index in [4.69, 9.17) is 4.99 Å². The number of aromatic nitrogens is 1. The van der Waals surface area contributed by atoms with Gasteiger partial charge in [-0.3, -0.25) is 9.59 Å². The van der Waals surface area contributed by atoms with Gasteiger partial charge >= 0.3 is 0 Å². The largest absolute Gasteiger partial charge is 0.391 e. The van der Waals surface area contributed by atoms with Crippen LogP contribution in [0.3, 0.4) is 0 Å². The number of sulfonamides is 1. The highest BCUT2D eigenvalue weighted by atomic mass is 32.2. The zero-order chi connectivity index (χ0) is 27.6. The number of carbonyl (C=O) groups excluding carboxylic acids is 2. The molecular formula is C26H35N5O5S2. The maximum Gasteiger partial charge on any atom is 0.257 e. The summed E-state index contributed by atoms with van der Waals surface area (Å²) in [5.41, 5.74) is 2.66. The van der Waals surface area contributed by atoms with Crippen LogP contribution in [0.2, 0.25) is 0 Å². The van der Waals surface area contributed by atoms with Gasteiger partial charge in [0.1, 0.15) is 11.9 Å². The average molecular weight is 562 g/mol. The Morgan fingerprint density at radius 2 is 1.92 bits per heavy atom. The molecule has 3 aliphatic heterocycles. The van der Waals surface area contributed by atoms with E-state index in [0.29, 0.717) is 17.8 Å². The molecule has 38 heavy (non-hydrogen) atoms. The van der Waals surface area contributed by atoms with Gasteiger partial charge in [-0.2, -0.15) is 4.31 Å². The van der Waals surface area contributed by atoms with Crippen LogP contribution in [0, 0.1) is 12.3 Å². The number of nitrogens with one attached hydrogen (secondary N) is 1. The van der Waals surface area contributed by atoms with Crippen molar-refractivity contribution in [3.05, 3.63) is 41.0 Å². The summed E-state index contributed by atoms with van der Waals surface area (Å²) in [5, 5.41) is 13.4. The third kappa shape index (κ3) is 4.47. The minimum Gasteiger partial charge on any atom is -0.391 e. The van der Waals surface area contributed by atoms with E-state index >= 15 is 0 Å². The summed E-state index contributed by atoms with van der Waals surface area (Å²) >= 11 is 1.55. The molecule has 0 bridgehead atoms. The zero-order valence-corrected chi connectivity index (χ0v) is 23.8. The maximum absolute atomic E-state index is 13.9. The van der Waals surface area contributed by atoms with Crippen LogP contribution in [0.5, 0.6) is 0 Å². The van der Waals surface area contributed by atoms with E-state index in [1.165, 1.54) is 9.21 Å². The number of β-amino-alcohol motifs (C(OH)–C–C–N with tert-alkyl or cyclic N) is 1. The number of hydrogen-bond donors (Lipinski definition) is 2. The number of rotatable bonds is 5. The minimum absolute atomic E-state index is 0. The van der Waals surface area contributed by atoms with Crippen molar-refractivity contribution in [2.75, 3.05) is 19.3 Å². The lowest BCUT2D eigenvalue weighted by Gasteiger charge is -2.35. The molecular weight excluding hydrogens is 526 g/mol.